The van der Waals surface area contributed by atoms with Gasteiger partial charge < -0.3 is 46.5 Å². The van der Waals surface area contributed by atoms with E-state index in [-0.39, 0.29) is 52.8 Å². The lowest BCUT2D eigenvalue weighted by atomic mass is 10.0. The van der Waals surface area contributed by atoms with Crippen molar-refractivity contribution in [2.75, 3.05) is 37.7 Å². The molecule has 20 nitrogen and oxygen atoms in total. The van der Waals surface area contributed by atoms with Crippen molar-refractivity contribution in [3.8, 4) is 11.5 Å². The molecule has 3 atom stereocenters. The number of amides is 3. The molecule has 3 aromatic rings. The van der Waals surface area contributed by atoms with E-state index in [0.717, 1.165) is 40.0 Å². The van der Waals surface area contributed by atoms with Crippen molar-refractivity contribution in [3.05, 3.63) is 50.4 Å². The van der Waals surface area contributed by atoms with Crippen LogP contribution in [0.1, 0.15) is 56.7 Å². The Bertz CT molecular complexity index is 2200. The van der Waals surface area contributed by atoms with Crippen LogP contribution in [0.2, 0.25) is 0 Å². The number of nitrogens with one attached hydrogen (secondary N) is 3. The van der Waals surface area contributed by atoms with Crippen LogP contribution >= 0.6 is 23.1 Å². The number of nitrogens with two attached hydrogens (primary N) is 1. The van der Waals surface area contributed by atoms with Gasteiger partial charge in [-0.1, -0.05) is 18.5 Å². The fourth-order valence-corrected chi connectivity index (χ4v) is 7.89. The smallest absolute Gasteiger partial charge is 0.352 e. The number of aromatic hydroxyl groups is 2. The summed E-state index contributed by atoms with van der Waals surface area (Å²) < 4.78 is 1.37. The van der Waals surface area contributed by atoms with Gasteiger partial charge in [-0.25, -0.2) is 14.6 Å². The van der Waals surface area contributed by atoms with Crippen LogP contribution in [0.5, 0.6) is 11.5 Å². The Hall–Kier alpha value is -5.74. The topological polar surface area (TPSA) is 293 Å². The molecule has 0 bridgehead atoms. The van der Waals surface area contributed by atoms with Gasteiger partial charge in [0.05, 0.1) is 30.5 Å². The number of benzene rings is 1. The maximum Gasteiger partial charge on any atom is 0.352 e. The number of fused-ring (bicyclic) bond motifs is 2. The highest BCUT2D eigenvalue weighted by Gasteiger charge is 2.55. The number of β-lactam (4-membered cyclic amide) rings is 1. The fraction of sp³-hybridized carbons (Fsp3) is 0.441. The summed E-state index contributed by atoms with van der Waals surface area (Å²) in [6.45, 7) is 7.70. The number of aliphatic carboxylic acids is 2. The van der Waals surface area contributed by atoms with Crippen molar-refractivity contribution in [2.24, 2.45) is 5.16 Å². The maximum absolute atomic E-state index is 13.5. The third kappa shape index (κ3) is 8.55. The number of quaternary nitrogens is 1. The molecule has 0 saturated carbocycles. The molecule has 0 radical (unpaired) electrons. The molecular weight excluding hydrogens is 775 g/mol. The number of hydrogen-bond acceptors (Lipinski definition) is 15. The van der Waals surface area contributed by atoms with Gasteiger partial charge in [-0.05, 0) is 33.3 Å². The zero-order chi connectivity index (χ0) is 41.1. The van der Waals surface area contributed by atoms with Gasteiger partial charge in [-0.15, -0.1) is 23.1 Å². The highest BCUT2D eigenvalue weighted by Crippen LogP contribution is 2.40. The Balaban J connectivity index is 1.29. The van der Waals surface area contributed by atoms with E-state index in [1.54, 1.807) is 6.92 Å². The molecule has 1 aromatic carbocycles. The number of nitrogens with zero attached hydrogens (tertiary/aromatic N) is 5. The fourth-order valence-electron chi connectivity index (χ4n) is 5.99. The average Bonchev–Trinajstić information content (AvgIpc) is 3.58. The quantitative estimate of drug-likeness (QED) is 0.0362. The lowest BCUT2D eigenvalue weighted by molar-refractivity contribution is -0.894. The Labute approximate surface area is 327 Å². The van der Waals surface area contributed by atoms with Crippen molar-refractivity contribution in [1.29, 1.82) is 0 Å². The number of phenolic OH excluding ortho intramolecular Hbond substituents is 2. The molecular formula is C34H42N9O11S2+. The summed E-state index contributed by atoms with van der Waals surface area (Å²) in [4.78, 5) is 88.7. The summed E-state index contributed by atoms with van der Waals surface area (Å²) >= 11 is 2.25. The molecule has 0 spiro atoms. The number of oxime groups is 1. The SMILES string of the molecule is CCCC[NH+](CCNC(=O)c1nn(CC)c2cc(O)c(O)cc2c1=O)CC1=C(C(=O)O)N2C(=O)C(NC(=O)/C(=N\OC(C)(C)C(=O)O)c3csc(N)n3)C2SC1. The van der Waals surface area contributed by atoms with E-state index in [1.165, 1.54) is 41.7 Å². The first-order chi connectivity index (χ1) is 26.5. The molecule has 22 heteroatoms. The predicted octanol–water partition coefficient (Wildman–Crippen LogP) is -0.696. The zero-order valence-electron chi connectivity index (χ0n) is 30.8. The highest BCUT2D eigenvalue weighted by atomic mass is 32.2. The van der Waals surface area contributed by atoms with Crippen molar-refractivity contribution in [3.63, 3.8) is 0 Å². The maximum atomic E-state index is 13.5. The largest absolute Gasteiger partial charge is 0.504 e. The van der Waals surface area contributed by atoms with Gasteiger partial charge in [-0.2, -0.15) is 5.10 Å². The van der Waals surface area contributed by atoms with E-state index in [2.05, 4.69) is 25.9 Å². The molecule has 2 aliphatic heterocycles. The zero-order valence-corrected chi connectivity index (χ0v) is 32.5. The summed E-state index contributed by atoms with van der Waals surface area (Å²) in [5, 5.41) is 53.5. The Morgan fingerprint density at radius 2 is 1.84 bits per heavy atom. The van der Waals surface area contributed by atoms with Crippen LogP contribution in [0.3, 0.4) is 0 Å². The summed E-state index contributed by atoms with van der Waals surface area (Å²) in [5.74, 6) is -5.75. The van der Waals surface area contributed by atoms with Gasteiger partial charge in [0.1, 0.15) is 29.4 Å². The van der Waals surface area contributed by atoms with Gasteiger partial charge in [0, 0.05) is 29.3 Å². The number of carboxylic acid groups (broad SMARTS) is 2. The molecule has 9 N–H and O–H groups in total. The van der Waals surface area contributed by atoms with Crippen LogP contribution in [-0.4, -0.2) is 124 Å². The monoisotopic (exact) mass is 816 g/mol. The minimum atomic E-state index is -1.81. The molecule has 2 aliphatic rings. The van der Waals surface area contributed by atoms with E-state index in [9.17, 15) is 49.2 Å². The number of unbranched alkanes of at least 4 members (excludes halogenated alkanes) is 1. The van der Waals surface area contributed by atoms with Crippen LogP contribution in [0.15, 0.2) is 38.7 Å². The summed E-state index contributed by atoms with van der Waals surface area (Å²) in [6.07, 6.45) is 1.61. The van der Waals surface area contributed by atoms with E-state index >= 15 is 0 Å². The first-order valence-corrected chi connectivity index (χ1v) is 19.4. The molecule has 3 amide bonds. The second kappa shape index (κ2) is 17.0. The number of hydrogen-bond donors (Lipinski definition) is 8. The molecule has 0 aliphatic carbocycles. The van der Waals surface area contributed by atoms with Crippen LogP contribution in [0, 0.1) is 0 Å². The number of nitrogen functional groups attached to an aromatic ring is 1. The van der Waals surface area contributed by atoms with Gasteiger partial charge in [-0.3, -0.25) is 28.8 Å². The third-order valence-corrected chi connectivity index (χ3v) is 11.1. The number of thioether (sulfide) groups is 1. The number of carboxylic acids is 2. The van der Waals surface area contributed by atoms with Gasteiger partial charge in [0.25, 0.3) is 17.7 Å². The molecule has 56 heavy (non-hydrogen) atoms. The molecule has 300 valence electrons. The highest BCUT2D eigenvalue weighted by molar-refractivity contribution is 8.00. The summed E-state index contributed by atoms with van der Waals surface area (Å²) in [7, 11) is 0. The number of thiazole rings is 1. The number of aromatic nitrogens is 3. The molecule has 2 aromatic heterocycles. The van der Waals surface area contributed by atoms with Crippen molar-refractivity contribution in [1.82, 2.24) is 30.3 Å². The first kappa shape index (κ1) is 41.4. The van der Waals surface area contributed by atoms with Crippen molar-refractivity contribution < 1.29 is 54.1 Å². The van der Waals surface area contributed by atoms with E-state index < -0.39 is 75.0 Å². The number of aryl methyl sites for hydroxylation is 1. The van der Waals surface area contributed by atoms with Gasteiger partial charge >= 0.3 is 11.9 Å². The number of phenols is 2. The summed E-state index contributed by atoms with van der Waals surface area (Å²) in [6, 6.07) is 1.13. The standard InChI is InChI=1S/C34H41N9O11S2/c1-5-7-9-41(10-8-36-27(47)23-26(46)17-11-20(44)21(45)12-19(17)42(6-2)39-23)13-16-14-55-30-24(29(49)43(30)25(16)31(50)51)38-28(48)22(18-15-56-33(35)37-18)40-54-34(3,4)32(52)53/h11-12,15,24,30,44-45H,5-10,13-14H2,1-4H3,(H2,35,37)(H,36,47)(H,38,48)(H,50,51)(H,52,53)/p+1/b40-22-. The van der Waals surface area contributed by atoms with Crippen molar-refractivity contribution >= 4 is 74.5 Å². The van der Waals surface area contributed by atoms with Gasteiger partial charge in [0.15, 0.2) is 28.0 Å². The van der Waals surface area contributed by atoms with Crippen molar-refractivity contribution in [2.45, 2.75) is 64.1 Å². The molecule has 5 rings (SSSR count). The number of anilines is 1. The minimum Gasteiger partial charge on any atom is -0.504 e. The number of carbonyl (C=O) groups excluding carboxylic acids is 3. The Morgan fingerprint density at radius 1 is 1.12 bits per heavy atom. The second-order valence-electron chi connectivity index (χ2n) is 13.4. The van der Waals surface area contributed by atoms with Crippen LogP contribution in [0.4, 0.5) is 5.13 Å². The van der Waals surface area contributed by atoms with Crippen LogP contribution in [-0.2, 0) is 30.6 Å². The number of carbonyl (C=O) groups is 5. The molecule has 1 fully saturated rings. The Morgan fingerprint density at radius 3 is 2.46 bits per heavy atom. The Kier molecular flexibility index (Phi) is 12.5. The predicted molar refractivity (Wildman–Crippen MR) is 203 cm³/mol. The minimum absolute atomic E-state index is 0.00751. The van der Waals surface area contributed by atoms with E-state index in [1.807, 2.05) is 6.92 Å². The van der Waals surface area contributed by atoms with Crippen LogP contribution in [0.25, 0.3) is 10.9 Å². The first-order valence-electron chi connectivity index (χ1n) is 17.5. The lowest BCUT2D eigenvalue weighted by Crippen LogP contribution is -3.13. The molecule has 3 unspecified atom stereocenters. The lowest BCUT2D eigenvalue weighted by Gasteiger charge is -2.49. The summed E-state index contributed by atoms with van der Waals surface area (Å²) in [5.41, 5.74) is 2.88. The second-order valence-corrected chi connectivity index (χ2v) is 15.4. The van der Waals surface area contributed by atoms with Crippen LogP contribution < -0.4 is 26.7 Å². The van der Waals surface area contributed by atoms with E-state index in [4.69, 9.17) is 10.6 Å². The molecule has 1 saturated heterocycles. The number of rotatable bonds is 17. The third-order valence-electron chi connectivity index (χ3n) is 9.07. The van der Waals surface area contributed by atoms with Gasteiger partial charge in [0.2, 0.25) is 11.0 Å². The molecule has 4 heterocycles. The van der Waals surface area contributed by atoms with E-state index in [0.29, 0.717) is 18.7 Å². The normalized spacial score (nSPS) is 17.6. The average molecular weight is 817 g/mol.